The second kappa shape index (κ2) is 10.5. The Kier molecular flexibility index (Phi) is 10.0. The molecule has 0 rings (SSSR count). The van der Waals surface area contributed by atoms with Crippen molar-refractivity contribution >= 4 is 5.97 Å². The van der Waals surface area contributed by atoms with Gasteiger partial charge in [0.2, 0.25) is 0 Å². The zero-order chi connectivity index (χ0) is 10.6. The summed E-state index contributed by atoms with van der Waals surface area (Å²) in [6.45, 7) is 4.85. The SMILES string of the molecule is CCOC(=O)CCCCCNCCN. The Morgan fingerprint density at radius 1 is 1.29 bits per heavy atom. The predicted molar refractivity (Wildman–Crippen MR) is 57.0 cm³/mol. The molecule has 0 unspecified atom stereocenters. The fourth-order valence-electron chi connectivity index (χ4n) is 1.16. The van der Waals surface area contributed by atoms with Gasteiger partial charge in [-0.1, -0.05) is 6.42 Å². The summed E-state index contributed by atoms with van der Waals surface area (Å²) in [7, 11) is 0. The van der Waals surface area contributed by atoms with E-state index in [2.05, 4.69) is 5.32 Å². The van der Waals surface area contributed by atoms with E-state index < -0.39 is 0 Å². The lowest BCUT2D eigenvalue weighted by Gasteiger charge is -2.03. The van der Waals surface area contributed by atoms with Crippen molar-refractivity contribution in [3.63, 3.8) is 0 Å². The summed E-state index contributed by atoms with van der Waals surface area (Å²) in [6, 6.07) is 0. The molecule has 0 aromatic heterocycles. The molecule has 14 heavy (non-hydrogen) atoms. The molecule has 0 atom stereocenters. The summed E-state index contributed by atoms with van der Waals surface area (Å²) in [5.74, 6) is -0.0811. The lowest BCUT2D eigenvalue weighted by atomic mass is 10.2. The molecule has 4 heteroatoms. The van der Waals surface area contributed by atoms with Crippen molar-refractivity contribution < 1.29 is 9.53 Å². The minimum absolute atomic E-state index is 0.0811. The van der Waals surface area contributed by atoms with Gasteiger partial charge >= 0.3 is 5.97 Å². The van der Waals surface area contributed by atoms with Crippen molar-refractivity contribution in [1.82, 2.24) is 5.32 Å². The fourth-order valence-corrected chi connectivity index (χ4v) is 1.16. The van der Waals surface area contributed by atoms with Gasteiger partial charge in [-0.15, -0.1) is 0 Å². The highest BCUT2D eigenvalue weighted by atomic mass is 16.5. The zero-order valence-corrected chi connectivity index (χ0v) is 9.05. The Morgan fingerprint density at radius 3 is 2.71 bits per heavy atom. The van der Waals surface area contributed by atoms with Crippen LogP contribution in [0.25, 0.3) is 0 Å². The van der Waals surface area contributed by atoms with Crippen LogP contribution in [0.2, 0.25) is 0 Å². The van der Waals surface area contributed by atoms with Gasteiger partial charge in [0.1, 0.15) is 0 Å². The molecule has 0 saturated carbocycles. The molecule has 4 nitrogen and oxygen atoms in total. The highest BCUT2D eigenvalue weighted by molar-refractivity contribution is 5.69. The second-order valence-corrected chi connectivity index (χ2v) is 3.15. The van der Waals surface area contributed by atoms with E-state index in [1.165, 1.54) is 0 Å². The quantitative estimate of drug-likeness (QED) is 0.426. The first-order valence-electron chi connectivity index (χ1n) is 5.37. The summed E-state index contributed by atoms with van der Waals surface area (Å²) in [5.41, 5.74) is 5.32. The van der Waals surface area contributed by atoms with E-state index >= 15 is 0 Å². The first kappa shape index (κ1) is 13.4. The molecule has 0 aromatic carbocycles. The third kappa shape index (κ3) is 9.48. The number of rotatable bonds is 9. The summed E-state index contributed by atoms with van der Waals surface area (Å²) in [5, 5.41) is 3.21. The Hall–Kier alpha value is -0.610. The molecule has 0 spiro atoms. The van der Waals surface area contributed by atoms with Crippen LogP contribution < -0.4 is 11.1 Å². The molecule has 0 bridgehead atoms. The average molecular weight is 202 g/mol. The molecule has 0 aliphatic rings. The number of hydrogen-bond acceptors (Lipinski definition) is 4. The maximum atomic E-state index is 10.9. The van der Waals surface area contributed by atoms with Crippen LogP contribution in [0.15, 0.2) is 0 Å². The van der Waals surface area contributed by atoms with Gasteiger partial charge in [-0.05, 0) is 26.3 Å². The van der Waals surface area contributed by atoms with Gasteiger partial charge in [-0.2, -0.15) is 0 Å². The molecule has 0 aliphatic heterocycles. The number of unbranched alkanes of at least 4 members (excludes halogenated alkanes) is 2. The van der Waals surface area contributed by atoms with E-state index in [0.29, 0.717) is 19.6 Å². The zero-order valence-electron chi connectivity index (χ0n) is 9.05. The fraction of sp³-hybridized carbons (Fsp3) is 0.900. The number of carbonyl (C=O) groups is 1. The van der Waals surface area contributed by atoms with Gasteiger partial charge in [0.05, 0.1) is 6.61 Å². The maximum Gasteiger partial charge on any atom is 0.305 e. The van der Waals surface area contributed by atoms with E-state index in [0.717, 1.165) is 32.4 Å². The average Bonchev–Trinajstić information content (AvgIpc) is 2.17. The van der Waals surface area contributed by atoms with Crippen molar-refractivity contribution in [2.45, 2.75) is 32.6 Å². The van der Waals surface area contributed by atoms with Crippen molar-refractivity contribution in [3.05, 3.63) is 0 Å². The maximum absolute atomic E-state index is 10.9. The van der Waals surface area contributed by atoms with Crippen molar-refractivity contribution in [2.24, 2.45) is 5.73 Å². The Labute approximate surface area is 86.2 Å². The van der Waals surface area contributed by atoms with Crippen molar-refractivity contribution in [2.75, 3.05) is 26.2 Å². The second-order valence-electron chi connectivity index (χ2n) is 3.15. The third-order valence-electron chi connectivity index (χ3n) is 1.86. The molecule has 0 aliphatic carbocycles. The van der Waals surface area contributed by atoms with Crippen LogP contribution in [-0.4, -0.2) is 32.2 Å². The van der Waals surface area contributed by atoms with Crippen LogP contribution in [0, 0.1) is 0 Å². The first-order chi connectivity index (χ1) is 6.81. The van der Waals surface area contributed by atoms with Gasteiger partial charge in [0, 0.05) is 19.5 Å². The first-order valence-corrected chi connectivity index (χ1v) is 5.37. The van der Waals surface area contributed by atoms with Crippen molar-refractivity contribution in [1.29, 1.82) is 0 Å². The summed E-state index contributed by atoms with van der Waals surface area (Å²) >= 11 is 0. The highest BCUT2D eigenvalue weighted by Crippen LogP contribution is 2.00. The summed E-state index contributed by atoms with van der Waals surface area (Å²) in [4.78, 5) is 10.9. The monoisotopic (exact) mass is 202 g/mol. The van der Waals surface area contributed by atoms with Crippen molar-refractivity contribution in [3.8, 4) is 0 Å². The molecular weight excluding hydrogens is 180 g/mol. The number of hydrogen-bond donors (Lipinski definition) is 2. The predicted octanol–water partition coefficient (Wildman–Crippen LogP) is 0.658. The van der Waals surface area contributed by atoms with Crippen LogP contribution in [0.3, 0.4) is 0 Å². The highest BCUT2D eigenvalue weighted by Gasteiger charge is 1.99. The Bertz CT molecular complexity index is 140. The van der Waals surface area contributed by atoms with E-state index in [1.807, 2.05) is 6.92 Å². The van der Waals surface area contributed by atoms with Crippen LogP contribution in [0.5, 0.6) is 0 Å². The minimum Gasteiger partial charge on any atom is -0.466 e. The van der Waals surface area contributed by atoms with Crippen LogP contribution in [-0.2, 0) is 9.53 Å². The lowest BCUT2D eigenvalue weighted by Crippen LogP contribution is -2.23. The molecule has 0 amide bonds. The van der Waals surface area contributed by atoms with Crippen LogP contribution in [0.1, 0.15) is 32.6 Å². The Balaban J connectivity index is 3.01. The van der Waals surface area contributed by atoms with E-state index in [1.54, 1.807) is 0 Å². The molecule has 3 N–H and O–H groups in total. The van der Waals surface area contributed by atoms with Crippen LogP contribution >= 0.6 is 0 Å². The number of nitrogens with one attached hydrogen (secondary N) is 1. The van der Waals surface area contributed by atoms with Gasteiger partial charge in [0.25, 0.3) is 0 Å². The number of carbonyl (C=O) groups excluding carboxylic acids is 1. The van der Waals surface area contributed by atoms with E-state index in [4.69, 9.17) is 10.5 Å². The molecule has 0 heterocycles. The number of esters is 1. The molecule has 0 saturated heterocycles. The van der Waals surface area contributed by atoms with E-state index in [-0.39, 0.29) is 5.97 Å². The largest absolute Gasteiger partial charge is 0.466 e. The van der Waals surface area contributed by atoms with Gasteiger partial charge in [0.15, 0.2) is 0 Å². The lowest BCUT2D eigenvalue weighted by molar-refractivity contribution is -0.143. The molecule has 0 radical (unpaired) electrons. The third-order valence-corrected chi connectivity index (χ3v) is 1.86. The summed E-state index contributed by atoms with van der Waals surface area (Å²) < 4.78 is 4.82. The normalized spacial score (nSPS) is 10.1. The van der Waals surface area contributed by atoms with Crippen LogP contribution in [0.4, 0.5) is 0 Å². The molecule has 84 valence electrons. The smallest absolute Gasteiger partial charge is 0.305 e. The number of nitrogens with two attached hydrogens (primary N) is 1. The van der Waals surface area contributed by atoms with Gasteiger partial charge in [-0.25, -0.2) is 0 Å². The topological polar surface area (TPSA) is 64.3 Å². The molecular formula is C10H22N2O2. The van der Waals surface area contributed by atoms with Gasteiger partial charge < -0.3 is 15.8 Å². The van der Waals surface area contributed by atoms with E-state index in [9.17, 15) is 4.79 Å². The summed E-state index contributed by atoms with van der Waals surface area (Å²) in [6.07, 6.45) is 3.63. The molecule has 0 fully saturated rings. The van der Waals surface area contributed by atoms with Gasteiger partial charge in [-0.3, -0.25) is 4.79 Å². The standard InChI is InChI=1S/C10H22N2O2/c1-2-14-10(13)6-4-3-5-8-12-9-7-11/h12H,2-9,11H2,1H3. The minimum atomic E-state index is -0.0811. The molecule has 0 aromatic rings. The Morgan fingerprint density at radius 2 is 2.07 bits per heavy atom. The number of ether oxygens (including phenoxy) is 1.